The van der Waals surface area contributed by atoms with Crippen molar-refractivity contribution in [2.24, 2.45) is 0 Å². The van der Waals surface area contributed by atoms with E-state index in [1.807, 2.05) is 66.7 Å². The van der Waals surface area contributed by atoms with E-state index in [0.29, 0.717) is 17.9 Å². The highest BCUT2D eigenvalue weighted by atomic mass is 16.5. The molecule has 3 aromatic carbocycles. The van der Waals surface area contributed by atoms with Gasteiger partial charge in [0.25, 0.3) is 5.91 Å². The lowest BCUT2D eigenvalue weighted by Crippen LogP contribution is -2.18. The van der Waals surface area contributed by atoms with Gasteiger partial charge in [-0.25, -0.2) is 0 Å². The topological polar surface area (TPSA) is 80.3 Å². The number of hydrogen-bond acceptors (Lipinski definition) is 4. The maximum absolute atomic E-state index is 12.5. The number of hydrogen-bond donors (Lipinski definition) is 2. The van der Waals surface area contributed by atoms with Crippen LogP contribution in [-0.2, 0) is 11.2 Å². The first kappa shape index (κ1) is 20.1. The summed E-state index contributed by atoms with van der Waals surface area (Å²) in [5, 5.41) is 7.38. The van der Waals surface area contributed by atoms with Crippen LogP contribution < -0.4 is 15.4 Å². The van der Waals surface area contributed by atoms with Crippen molar-refractivity contribution in [2.45, 2.75) is 6.42 Å². The number of rotatable bonds is 6. The summed E-state index contributed by atoms with van der Waals surface area (Å²) in [7, 11) is 1.55. The van der Waals surface area contributed by atoms with Crippen LogP contribution in [0.4, 0.5) is 5.69 Å². The van der Waals surface area contributed by atoms with Crippen LogP contribution in [0.3, 0.4) is 0 Å². The number of aromatic nitrogens is 1. The zero-order valence-electron chi connectivity index (χ0n) is 17.0. The quantitative estimate of drug-likeness (QED) is 0.487. The summed E-state index contributed by atoms with van der Waals surface area (Å²) in [6, 6.07) is 24.3. The summed E-state index contributed by atoms with van der Waals surface area (Å²) in [5.41, 5.74) is 1.99. The monoisotopic (exact) mass is 411 g/mol. The van der Waals surface area contributed by atoms with E-state index < -0.39 is 0 Å². The van der Waals surface area contributed by atoms with Crippen LogP contribution >= 0.6 is 0 Å². The number of benzene rings is 3. The number of fused-ring (bicyclic) bond motifs is 1. The lowest BCUT2D eigenvalue weighted by atomic mass is 10.1. The molecule has 0 bridgehead atoms. The summed E-state index contributed by atoms with van der Waals surface area (Å²) in [6.07, 6.45) is 1.84. The van der Waals surface area contributed by atoms with Gasteiger partial charge in [0.1, 0.15) is 17.2 Å². The molecule has 0 aliphatic rings. The highest BCUT2D eigenvalue weighted by Crippen LogP contribution is 2.30. The predicted molar refractivity (Wildman–Crippen MR) is 120 cm³/mol. The summed E-state index contributed by atoms with van der Waals surface area (Å²) < 4.78 is 5.91. The second-order valence-corrected chi connectivity index (χ2v) is 6.96. The molecular weight excluding hydrogens is 390 g/mol. The third-order valence-corrected chi connectivity index (χ3v) is 4.76. The molecule has 1 aromatic heterocycles. The first-order valence-corrected chi connectivity index (χ1v) is 9.85. The minimum atomic E-state index is -0.278. The van der Waals surface area contributed by atoms with Crippen molar-refractivity contribution in [3.8, 4) is 11.5 Å². The smallest absolute Gasteiger partial charge is 0.269 e. The Hall–Kier alpha value is -4.19. The van der Waals surface area contributed by atoms with Crippen molar-refractivity contribution < 1.29 is 14.3 Å². The van der Waals surface area contributed by atoms with Gasteiger partial charge in [-0.2, -0.15) is 0 Å². The first-order chi connectivity index (χ1) is 15.1. The summed E-state index contributed by atoms with van der Waals surface area (Å²) >= 11 is 0. The molecule has 0 saturated carbocycles. The number of anilines is 1. The molecule has 2 amide bonds. The van der Waals surface area contributed by atoms with Gasteiger partial charge in [-0.1, -0.05) is 42.5 Å². The van der Waals surface area contributed by atoms with Crippen LogP contribution in [0.2, 0.25) is 0 Å². The number of nitrogens with one attached hydrogen (secondary N) is 2. The minimum absolute atomic E-state index is 0.0717. The first-order valence-electron chi connectivity index (χ1n) is 9.85. The zero-order valence-corrected chi connectivity index (χ0v) is 17.0. The maximum Gasteiger partial charge on any atom is 0.269 e. The van der Waals surface area contributed by atoms with Gasteiger partial charge in [-0.15, -0.1) is 0 Å². The van der Waals surface area contributed by atoms with Gasteiger partial charge in [-0.3, -0.25) is 14.6 Å². The fourth-order valence-corrected chi connectivity index (χ4v) is 3.27. The van der Waals surface area contributed by atoms with E-state index in [-0.39, 0.29) is 17.5 Å². The van der Waals surface area contributed by atoms with Crippen molar-refractivity contribution in [3.63, 3.8) is 0 Å². The normalized spacial score (nSPS) is 10.5. The number of amides is 2. The fourth-order valence-electron chi connectivity index (χ4n) is 3.27. The van der Waals surface area contributed by atoms with E-state index in [1.54, 1.807) is 19.2 Å². The van der Waals surface area contributed by atoms with E-state index in [0.717, 1.165) is 22.0 Å². The molecule has 0 aliphatic carbocycles. The Morgan fingerprint density at radius 2 is 1.71 bits per heavy atom. The second-order valence-electron chi connectivity index (χ2n) is 6.96. The Kier molecular flexibility index (Phi) is 5.89. The van der Waals surface area contributed by atoms with Crippen molar-refractivity contribution in [1.29, 1.82) is 0 Å². The van der Waals surface area contributed by atoms with Gasteiger partial charge in [0.2, 0.25) is 5.91 Å². The average Bonchev–Trinajstić information content (AvgIpc) is 2.79. The highest BCUT2D eigenvalue weighted by molar-refractivity contribution is 6.03. The third-order valence-electron chi connectivity index (χ3n) is 4.76. The molecule has 0 radical (unpaired) electrons. The Labute approximate surface area is 179 Å². The summed E-state index contributed by atoms with van der Waals surface area (Å²) in [6.45, 7) is 0. The SMILES string of the molecule is CNC(=O)c1cc(Oc2ccc3c(NC(=O)Cc4ccccc4)cccc3c2)ccn1. The molecule has 0 atom stereocenters. The standard InChI is InChI=1S/C25H21N3O3/c1-26-25(30)23-16-20(12-13-27-23)31-19-10-11-21-18(15-19)8-5-9-22(21)28-24(29)14-17-6-3-2-4-7-17/h2-13,15-16H,14H2,1H3,(H,26,30)(H,28,29). The average molecular weight is 411 g/mol. The molecule has 0 fully saturated rings. The number of carbonyl (C=O) groups is 2. The lowest BCUT2D eigenvalue weighted by molar-refractivity contribution is -0.115. The summed E-state index contributed by atoms with van der Waals surface area (Å²) in [5.74, 6) is 0.784. The molecule has 6 nitrogen and oxygen atoms in total. The van der Waals surface area contributed by atoms with E-state index in [2.05, 4.69) is 15.6 Å². The molecule has 2 N–H and O–H groups in total. The van der Waals surface area contributed by atoms with Gasteiger partial charge in [0.15, 0.2) is 0 Å². The van der Waals surface area contributed by atoms with E-state index in [9.17, 15) is 9.59 Å². The van der Waals surface area contributed by atoms with E-state index >= 15 is 0 Å². The van der Waals surface area contributed by atoms with Crippen molar-refractivity contribution >= 4 is 28.3 Å². The highest BCUT2D eigenvalue weighted by Gasteiger charge is 2.10. The number of carbonyl (C=O) groups excluding carboxylic acids is 2. The molecule has 154 valence electrons. The predicted octanol–water partition coefficient (Wildman–Crippen LogP) is 4.57. The Morgan fingerprint density at radius 1 is 0.903 bits per heavy atom. The Bertz CT molecular complexity index is 1240. The molecule has 0 aliphatic heterocycles. The van der Waals surface area contributed by atoms with Crippen LogP contribution in [0.15, 0.2) is 85.1 Å². The lowest BCUT2D eigenvalue weighted by Gasteiger charge is -2.11. The molecule has 0 spiro atoms. The van der Waals surface area contributed by atoms with Gasteiger partial charge in [0, 0.05) is 30.4 Å². The van der Waals surface area contributed by atoms with Gasteiger partial charge < -0.3 is 15.4 Å². The molecule has 31 heavy (non-hydrogen) atoms. The second kappa shape index (κ2) is 9.09. The van der Waals surface area contributed by atoms with Crippen LogP contribution in [0.5, 0.6) is 11.5 Å². The molecule has 0 unspecified atom stereocenters. The van der Waals surface area contributed by atoms with Crippen LogP contribution in [0.1, 0.15) is 16.1 Å². The molecule has 4 aromatic rings. The van der Waals surface area contributed by atoms with E-state index in [4.69, 9.17) is 4.74 Å². The summed E-state index contributed by atoms with van der Waals surface area (Å²) in [4.78, 5) is 28.3. The Morgan fingerprint density at radius 3 is 2.52 bits per heavy atom. The third kappa shape index (κ3) is 4.87. The van der Waals surface area contributed by atoms with Crippen LogP contribution in [0.25, 0.3) is 10.8 Å². The van der Waals surface area contributed by atoms with Crippen molar-refractivity contribution in [3.05, 3.63) is 96.3 Å². The fraction of sp³-hybridized carbons (Fsp3) is 0.0800. The zero-order chi connectivity index (χ0) is 21.6. The van der Waals surface area contributed by atoms with Gasteiger partial charge in [-0.05, 0) is 41.3 Å². The Balaban J connectivity index is 1.53. The van der Waals surface area contributed by atoms with E-state index in [1.165, 1.54) is 6.20 Å². The minimum Gasteiger partial charge on any atom is -0.457 e. The van der Waals surface area contributed by atoms with Crippen LogP contribution in [-0.4, -0.2) is 23.8 Å². The molecule has 4 rings (SSSR count). The van der Waals surface area contributed by atoms with Gasteiger partial charge in [0.05, 0.1) is 6.42 Å². The van der Waals surface area contributed by atoms with Crippen molar-refractivity contribution in [2.75, 3.05) is 12.4 Å². The largest absolute Gasteiger partial charge is 0.457 e. The molecule has 0 saturated heterocycles. The maximum atomic E-state index is 12.5. The molecular formula is C25H21N3O3. The number of pyridine rings is 1. The number of nitrogens with zero attached hydrogens (tertiary/aromatic N) is 1. The molecule has 1 heterocycles. The molecule has 6 heteroatoms. The number of ether oxygens (including phenoxy) is 1. The van der Waals surface area contributed by atoms with Gasteiger partial charge >= 0.3 is 0 Å². The van der Waals surface area contributed by atoms with Crippen LogP contribution in [0, 0.1) is 0 Å². The van der Waals surface area contributed by atoms with Crippen molar-refractivity contribution in [1.82, 2.24) is 10.3 Å².